The predicted molar refractivity (Wildman–Crippen MR) is 81.3 cm³/mol. The molecule has 0 radical (unpaired) electrons. The van der Waals surface area contributed by atoms with Crippen molar-refractivity contribution in [3.63, 3.8) is 0 Å². The van der Waals surface area contributed by atoms with Crippen molar-refractivity contribution in [1.82, 2.24) is 9.88 Å². The van der Waals surface area contributed by atoms with Gasteiger partial charge in [-0.05, 0) is 32.0 Å². The van der Waals surface area contributed by atoms with Crippen LogP contribution in [0.2, 0.25) is 0 Å². The van der Waals surface area contributed by atoms with Gasteiger partial charge in [0.25, 0.3) is 5.91 Å². The van der Waals surface area contributed by atoms with Gasteiger partial charge in [-0.2, -0.15) is 0 Å². The van der Waals surface area contributed by atoms with E-state index in [2.05, 4.69) is 4.98 Å². The van der Waals surface area contributed by atoms with Gasteiger partial charge in [0.1, 0.15) is 0 Å². The number of aromatic amines is 1. The molecule has 5 heteroatoms. The number of rotatable bonds is 1. The molecule has 1 fully saturated rings. The van der Waals surface area contributed by atoms with Crippen molar-refractivity contribution < 1.29 is 9.00 Å². The molecule has 1 aromatic heterocycles. The zero-order valence-electron chi connectivity index (χ0n) is 11.7. The Bertz CT molecular complexity index is 690. The van der Waals surface area contributed by atoms with Gasteiger partial charge >= 0.3 is 0 Å². The molecule has 20 heavy (non-hydrogen) atoms. The summed E-state index contributed by atoms with van der Waals surface area (Å²) in [6.07, 6.45) is 1.84. The van der Waals surface area contributed by atoms with E-state index in [1.807, 2.05) is 49.2 Å². The van der Waals surface area contributed by atoms with Crippen LogP contribution in [0, 0.1) is 0 Å². The fraction of sp³-hybridized carbons (Fsp3) is 0.400. The number of nitrogens with zero attached hydrogens (tertiary/aromatic N) is 1. The number of amides is 1. The van der Waals surface area contributed by atoms with E-state index in [-0.39, 0.29) is 10.7 Å². The Morgan fingerprint density at radius 1 is 1.35 bits per heavy atom. The number of benzene rings is 1. The van der Waals surface area contributed by atoms with Gasteiger partial charge in [-0.3, -0.25) is 9.00 Å². The van der Waals surface area contributed by atoms with Crippen LogP contribution in [0.25, 0.3) is 10.9 Å². The standard InChI is InChI=1S/C15H18N2O2S/c1-15(2)10-17(8-9-20(15)19)14(18)12-4-3-5-13-11(12)6-7-16-13/h3-7,16H,8-10H2,1-2H3. The zero-order valence-corrected chi connectivity index (χ0v) is 12.5. The summed E-state index contributed by atoms with van der Waals surface area (Å²) in [6.45, 7) is 5.02. The third kappa shape index (κ3) is 2.16. The summed E-state index contributed by atoms with van der Waals surface area (Å²) in [6, 6.07) is 7.63. The van der Waals surface area contributed by atoms with Crippen LogP contribution in [0.1, 0.15) is 24.2 Å². The Hall–Kier alpha value is -1.62. The molecular weight excluding hydrogens is 272 g/mol. The summed E-state index contributed by atoms with van der Waals surface area (Å²) in [5, 5.41) is 0.946. The molecule has 106 valence electrons. The summed E-state index contributed by atoms with van der Waals surface area (Å²) in [4.78, 5) is 17.7. The average Bonchev–Trinajstić information content (AvgIpc) is 2.89. The number of nitrogens with one attached hydrogen (secondary N) is 1. The smallest absolute Gasteiger partial charge is 0.254 e. The van der Waals surface area contributed by atoms with Crippen LogP contribution in [0.3, 0.4) is 0 Å². The Balaban J connectivity index is 1.93. The second kappa shape index (κ2) is 4.74. The number of carbonyl (C=O) groups is 1. The molecule has 1 aliphatic rings. The number of carbonyl (C=O) groups excluding carboxylic acids is 1. The van der Waals surface area contributed by atoms with Crippen molar-refractivity contribution in [2.24, 2.45) is 0 Å². The van der Waals surface area contributed by atoms with Crippen LogP contribution in [-0.4, -0.2) is 43.6 Å². The van der Waals surface area contributed by atoms with E-state index in [1.54, 1.807) is 0 Å². The molecule has 0 aliphatic carbocycles. The van der Waals surface area contributed by atoms with Crippen molar-refractivity contribution in [1.29, 1.82) is 0 Å². The molecule has 1 atom stereocenters. The summed E-state index contributed by atoms with van der Waals surface area (Å²) in [5.41, 5.74) is 1.68. The fourth-order valence-electron chi connectivity index (χ4n) is 2.70. The summed E-state index contributed by atoms with van der Waals surface area (Å²) >= 11 is 0. The number of hydrogen-bond acceptors (Lipinski definition) is 2. The maximum absolute atomic E-state index is 12.7. The van der Waals surface area contributed by atoms with E-state index >= 15 is 0 Å². The third-order valence-electron chi connectivity index (χ3n) is 3.85. The van der Waals surface area contributed by atoms with Gasteiger partial charge in [-0.15, -0.1) is 0 Å². The van der Waals surface area contributed by atoms with Crippen LogP contribution < -0.4 is 0 Å². The van der Waals surface area contributed by atoms with Crippen LogP contribution in [0.15, 0.2) is 30.5 Å². The molecule has 2 heterocycles. The quantitative estimate of drug-likeness (QED) is 0.875. The van der Waals surface area contributed by atoms with Crippen LogP contribution >= 0.6 is 0 Å². The van der Waals surface area contributed by atoms with Gasteiger partial charge < -0.3 is 9.88 Å². The maximum atomic E-state index is 12.7. The van der Waals surface area contributed by atoms with Gasteiger partial charge in [0.15, 0.2) is 0 Å². The van der Waals surface area contributed by atoms with Gasteiger partial charge in [0.05, 0.1) is 4.75 Å². The molecule has 1 aliphatic heterocycles. The van der Waals surface area contributed by atoms with Gasteiger partial charge in [0, 0.05) is 52.3 Å². The highest BCUT2D eigenvalue weighted by molar-refractivity contribution is 7.86. The first-order chi connectivity index (χ1) is 9.49. The zero-order chi connectivity index (χ0) is 14.3. The fourth-order valence-corrected chi connectivity index (χ4v) is 3.93. The minimum Gasteiger partial charge on any atom is -0.361 e. The molecule has 0 saturated carbocycles. The third-order valence-corrected chi connectivity index (χ3v) is 5.76. The van der Waals surface area contributed by atoms with Gasteiger partial charge in [-0.25, -0.2) is 0 Å². The first-order valence-electron chi connectivity index (χ1n) is 6.73. The van der Waals surface area contributed by atoms with E-state index in [0.717, 1.165) is 10.9 Å². The van der Waals surface area contributed by atoms with E-state index in [0.29, 0.717) is 24.4 Å². The molecule has 0 bridgehead atoms. The Morgan fingerprint density at radius 3 is 2.90 bits per heavy atom. The lowest BCUT2D eigenvalue weighted by Crippen LogP contribution is -2.52. The SMILES string of the molecule is CC1(C)CN(C(=O)c2cccc3[nH]ccc23)CCS1=O. The van der Waals surface area contributed by atoms with Crippen molar-refractivity contribution in [3.05, 3.63) is 36.0 Å². The monoisotopic (exact) mass is 290 g/mol. The summed E-state index contributed by atoms with van der Waals surface area (Å²) in [5.74, 6) is 0.585. The Morgan fingerprint density at radius 2 is 2.15 bits per heavy atom. The van der Waals surface area contributed by atoms with E-state index < -0.39 is 10.8 Å². The highest BCUT2D eigenvalue weighted by Gasteiger charge is 2.35. The molecule has 1 aromatic carbocycles. The van der Waals surface area contributed by atoms with Crippen molar-refractivity contribution >= 4 is 27.6 Å². The summed E-state index contributed by atoms with van der Waals surface area (Å²) < 4.78 is 11.6. The van der Waals surface area contributed by atoms with Gasteiger partial charge in [0.2, 0.25) is 0 Å². The number of hydrogen-bond donors (Lipinski definition) is 1. The van der Waals surface area contributed by atoms with Crippen molar-refractivity contribution in [3.8, 4) is 0 Å². The molecule has 2 aromatic rings. The van der Waals surface area contributed by atoms with Crippen LogP contribution in [0.5, 0.6) is 0 Å². The molecule has 1 amide bonds. The largest absolute Gasteiger partial charge is 0.361 e. The summed E-state index contributed by atoms with van der Waals surface area (Å²) in [7, 11) is -0.864. The highest BCUT2D eigenvalue weighted by Crippen LogP contribution is 2.24. The lowest BCUT2D eigenvalue weighted by molar-refractivity contribution is 0.0748. The minimum atomic E-state index is -0.864. The van der Waals surface area contributed by atoms with Crippen molar-refractivity contribution in [2.45, 2.75) is 18.6 Å². The van der Waals surface area contributed by atoms with Gasteiger partial charge in [-0.1, -0.05) is 6.07 Å². The number of aromatic nitrogens is 1. The first kappa shape index (κ1) is 13.4. The molecule has 3 rings (SSSR count). The van der Waals surface area contributed by atoms with Crippen LogP contribution in [0.4, 0.5) is 0 Å². The molecule has 1 saturated heterocycles. The first-order valence-corrected chi connectivity index (χ1v) is 8.05. The van der Waals surface area contributed by atoms with E-state index in [4.69, 9.17) is 0 Å². The second-order valence-corrected chi connectivity index (χ2v) is 7.98. The molecule has 0 spiro atoms. The molecular formula is C15H18N2O2S. The van der Waals surface area contributed by atoms with E-state index in [1.165, 1.54) is 0 Å². The molecule has 1 unspecified atom stereocenters. The van der Waals surface area contributed by atoms with Crippen molar-refractivity contribution in [2.75, 3.05) is 18.8 Å². The number of fused-ring (bicyclic) bond motifs is 1. The molecule has 1 N–H and O–H groups in total. The predicted octanol–water partition coefficient (Wildman–Crippen LogP) is 2.15. The number of H-pyrrole nitrogens is 1. The Labute approximate surface area is 120 Å². The van der Waals surface area contributed by atoms with Crippen LogP contribution in [-0.2, 0) is 10.8 Å². The Kier molecular flexibility index (Phi) is 3.17. The lowest BCUT2D eigenvalue weighted by atomic mass is 10.1. The topological polar surface area (TPSA) is 53.2 Å². The lowest BCUT2D eigenvalue weighted by Gasteiger charge is -2.37. The molecule has 4 nitrogen and oxygen atoms in total. The maximum Gasteiger partial charge on any atom is 0.254 e. The normalized spacial score (nSPS) is 22.1. The van der Waals surface area contributed by atoms with E-state index in [9.17, 15) is 9.00 Å². The second-order valence-electron chi connectivity index (χ2n) is 5.78. The minimum absolute atomic E-state index is 0.0278. The highest BCUT2D eigenvalue weighted by atomic mass is 32.2. The average molecular weight is 290 g/mol.